The number of thiophene rings is 1. The minimum absolute atomic E-state index is 0.133. The average Bonchev–Trinajstić information content (AvgIpc) is 3.36. The molecule has 3 aromatic heterocycles. The normalized spacial score (nSPS) is 14.6. The SMILES string of the molecule is O=C(Nc1cccc(N2CCCC2=O)c1)c1cc2c(nc3sccn32)s1. The summed E-state index contributed by atoms with van der Waals surface area (Å²) in [6.45, 7) is 0.732. The fourth-order valence-corrected chi connectivity index (χ4v) is 4.92. The van der Waals surface area contributed by atoms with E-state index in [9.17, 15) is 9.59 Å². The highest BCUT2D eigenvalue weighted by atomic mass is 32.1. The molecule has 1 fully saturated rings. The fourth-order valence-electron chi connectivity index (χ4n) is 3.22. The smallest absolute Gasteiger partial charge is 0.265 e. The third-order valence-corrected chi connectivity index (χ3v) is 6.23. The summed E-state index contributed by atoms with van der Waals surface area (Å²) < 4.78 is 1.99. The van der Waals surface area contributed by atoms with Crippen LogP contribution < -0.4 is 10.2 Å². The van der Waals surface area contributed by atoms with Crippen molar-refractivity contribution in [2.75, 3.05) is 16.8 Å². The van der Waals surface area contributed by atoms with Gasteiger partial charge in [-0.05, 0) is 30.7 Å². The molecule has 2 amide bonds. The number of thiazole rings is 1. The van der Waals surface area contributed by atoms with Crippen molar-refractivity contribution in [3.8, 4) is 0 Å². The number of benzene rings is 1. The number of carbonyl (C=O) groups excluding carboxylic acids is 2. The van der Waals surface area contributed by atoms with Gasteiger partial charge in [-0.25, -0.2) is 4.98 Å². The highest BCUT2D eigenvalue weighted by Gasteiger charge is 2.22. The van der Waals surface area contributed by atoms with Gasteiger partial charge in [-0.15, -0.1) is 22.7 Å². The zero-order valence-electron chi connectivity index (χ0n) is 13.6. The van der Waals surface area contributed by atoms with Gasteiger partial charge >= 0.3 is 0 Å². The first-order valence-electron chi connectivity index (χ1n) is 8.26. The number of aromatic nitrogens is 2. The Labute approximate surface area is 156 Å². The van der Waals surface area contributed by atoms with Crippen molar-refractivity contribution in [2.24, 2.45) is 0 Å². The minimum Gasteiger partial charge on any atom is -0.321 e. The second kappa shape index (κ2) is 5.93. The van der Waals surface area contributed by atoms with Gasteiger partial charge in [-0.2, -0.15) is 0 Å². The lowest BCUT2D eigenvalue weighted by molar-refractivity contribution is -0.117. The molecular weight excluding hydrogens is 368 g/mol. The second-order valence-electron chi connectivity index (χ2n) is 6.12. The van der Waals surface area contributed by atoms with Gasteiger partial charge in [-0.1, -0.05) is 6.07 Å². The van der Waals surface area contributed by atoms with Crippen LogP contribution in [-0.4, -0.2) is 27.7 Å². The van der Waals surface area contributed by atoms with Crippen molar-refractivity contribution in [1.82, 2.24) is 9.38 Å². The molecule has 0 saturated carbocycles. The van der Waals surface area contributed by atoms with Gasteiger partial charge in [0.1, 0.15) is 4.83 Å². The van der Waals surface area contributed by atoms with E-state index in [-0.39, 0.29) is 11.8 Å². The fraction of sp³-hybridized carbons (Fsp3) is 0.167. The summed E-state index contributed by atoms with van der Waals surface area (Å²) in [5, 5.41) is 4.91. The van der Waals surface area contributed by atoms with Gasteiger partial charge in [0.25, 0.3) is 5.91 Å². The predicted octanol–water partition coefficient (Wildman–Crippen LogP) is 3.99. The van der Waals surface area contributed by atoms with Crippen molar-refractivity contribution < 1.29 is 9.59 Å². The first kappa shape index (κ1) is 15.5. The van der Waals surface area contributed by atoms with Gasteiger partial charge < -0.3 is 10.2 Å². The molecule has 0 spiro atoms. The molecular formula is C18H14N4O2S2. The highest BCUT2D eigenvalue weighted by molar-refractivity contribution is 7.21. The van der Waals surface area contributed by atoms with Gasteiger partial charge in [0.05, 0.1) is 10.4 Å². The standard InChI is InChI=1S/C18H14N4O2S2/c23-15-5-2-6-21(15)12-4-1-3-11(9-12)19-16(24)14-10-13-17(26-14)20-18-22(13)7-8-25-18/h1,3-4,7-10H,2,5-6H2,(H,19,24). The first-order chi connectivity index (χ1) is 12.7. The number of fused-ring (bicyclic) bond motifs is 3. The van der Waals surface area contributed by atoms with Gasteiger partial charge in [0, 0.05) is 35.9 Å². The lowest BCUT2D eigenvalue weighted by atomic mass is 10.2. The third-order valence-electron chi connectivity index (χ3n) is 4.45. The largest absolute Gasteiger partial charge is 0.321 e. The van der Waals surface area contributed by atoms with E-state index >= 15 is 0 Å². The number of amides is 2. The van der Waals surface area contributed by atoms with Crippen LogP contribution in [0.1, 0.15) is 22.5 Å². The number of imidazole rings is 1. The molecule has 1 aromatic carbocycles. The average molecular weight is 382 g/mol. The molecule has 5 rings (SSSR count). The van der Waals surface area contributed by atoms with Crippen LogP contribution in [-0.2, 0) is 4.79 Å². The number of carbonyl (C=O) groups is 2. The Hall–Kier alpha value is -2.71. The number of nitrogens with zero attached hydrogens (tertiary/aromatic N) is 3. The molecule has 1 aliphatic rings. The van der Waals surface area contributed by atoms with Crippen LogP contribution in [0.2, 0.25) is 0 Å². The number of nitrogens with one attached hydrogen (secondary N) is 1. The van der Waals surface area contributed by atoms with Crippen LogP contribution in [0.3, 0.4) is 0 Å². The van der Waals surface area contributed by atoms with Crippen LogP contribution in [0, 0.1) is 0 Å². The Bertz CT molecular complexity index is 1160. The van der Waals surface area contributed by atoms with Crippen molar-refractivity contribution in [2.45, 2.75) is 12.8 Å². The van der Waals surface area contributed by atoms with E-state index in [0.29, 0.717) is 17.0 Å². The van der Waals surface area contributed by atoms with E-state index in [1.807, 2.05) is 46.3 Å². The molecule has 8 heteroatoms. The molecule has 1 saturated heterocycles. The molecule has 0 radical (unpaired) electrons. The Balaban J connectivity index is 1.41. The third kappa shape index (κ3) is 2.49. The maximum Gasteiger partial charge on any atom is 0.265 e. The molecule has 1 N–H and O–H groups in total. The Kier molecular flexibility index (Phi) is 3.54. The van der Waals surface area contributed by atoms with Crippen molar-refractivity contribution in [3.63, 3.8) is 0 Å². The van der Waals surface area contributed by atoms with Crippen LogP contribution in [0.15, 0.2) is 41.9 Å². The van der Waals surface area contributed by atoms with E-state index in [4.69, 9.17) is 0 Å². The zero-order valence-corrected chi connectivity index (χ0v) is 15.3. The van der Waals surface area contributed by atoms with Crippen LogP contribution in [0.5, 0.6) is 0 Å². The quantitative estimate of drug-likeness (QED) is 0.583. The number of anilines is 2. The molecule has 6 nitrogen and oxygen atoms in total. The summed E-state index contributed by atoms with van der Waals surface area (Å²) in [6, 6.07) is 9.30. The number of rotatable bonds is 3. The van der Waals surface area contributed by atoms with Crippen molar-refractivity contribution in [1.29, 1.82) is 0 Å². The van der Waals surface area contributed by atoms with Crippen LogP contribution in [0.4, 0.5) is 11.4 Å². The second-order valence-corrected chi connectivity index (χ2v) is 8.03. The topological polar surface area (TPSA) is 66.7 Å². The molecule has 0 atom stereocenters. The monoisotopic (exact) mass is 382 g/mol. The molecule has 4 aromatic rings. The Morgan fingerprint density at radius 2 is 2.19 bits per heavy atom. The summed E-state index contributed by atoms with van der Waals surface area (Å²) in [5.74, 6) is -0.0322. The lowest BCUT2D eigenvalue weighted by Gasteiger charge is -2.16. The van der Waals surface area contributed by atoms with Gasteiger partial charge in [0.15, 0.2) is 4.96 Å². The molecule has 0 bridgehead atoms. The number of hydrogen-bond donors (Lipinski definition) is 1. The van der Waals surface area contributed by atoms with E-state index in [1.165, 1.54) is 11.3 Å². The summed E-state index contributed by atoms with van der Waals surface area (Å²) in [6.07, 6.45) is 3.42. The number of hydrogen-bond acceptors (Lipinski definition) is 5. The lowest BCUT2D eigenvalue weighted by Crippen LogP contribution is -2.23. The summed E-state index contributed by atoms with van der Waals surface area (Å²) in [5.41, 5.74) is 2.46. The van der Waals surface area contributed by atoms with Gasteiger partial charge in [0.2, 0.25) is 5.91 Å². The molecule has 130 valence electrons. The van der Waals surface area contributed by atoms with E-state index in [0.717, 1.165) is 34.0 Å². The van der Waals surface area contributed by atoms with Crippen molar-refractivity contribution >= 4 is 61.2 Å². The summed E-state index contributed by atoms with van der Waals surface area (Å²) >= 11 is 2.96. The minimum atomic E-state index is -0.165. The maximum atomic E-state index is 12.6. The van der Waals surface area contributed by atoms with Crippen molar-refractivity contribution in [3.05, 3.63) is 46.8 Å². The molecule has 4 heterocycles. The van der Waals surface area contributed by atoms with E-state index in [1.54, 1.807) is 16.2 Å². The van der Waals surface area contributed by atoms with Crippen LogP contribution >= 0.6 is 22.7 Å². The molecule has 0 unspecified atom stereocenters. The van der Waals surface area contributed by atoms with E-state index < -0.39 is 0 Å². The van der Waals surface area contributed by atoms with Crippen LogP contribution in [0.25, 0.3) is 15.3 Å². The predicted molar refractivity (Wildman–Crippen MR) is 104 cm³/mol. The molecule has 1 aliphatic heterocycles. The molecule has 0 aliphatic carbocycles. The maximum absolute atomic E-state index is 12.6. The summed E-state index contributed by atoms with van der Waals surface area (Å²) in [7, 11) is 0. The van der Waals surface area contributed by atoms with Gasteiger partial charge in [-0.3, -0.25) is 14.0 Å². The Morgan fingerprint density at radius 1 is 1.27 bits per heavy atom. The highest BCUT2D eigenvalue weighted by Crippen LogP contribution is 2.29. The Morgan fingerprint density at radius 3 is 3.04 bits per heavy atom. The molecule has 26 heavy (non-hydrogen) atoms. The van der Waals surface area contributed by atoms with E-state index in [2.05, 4.69) is 10.3 Å². The zero-order chi connectivity index (χ0) is 17.7. The summed E-state index contributed by atoms with van der Waals surface area (Å²) in [4.78, 5) is 33.3. The first-order valence-corrected chi connectivity index (χ1v) is 9.95.